The molecule has 0 aromatic heterocycles. The molecular weight excluding hydrogens is 286 g/mol. The van der Waals surface area contributed by atoms with Gasteiger partial charge in [-0.3, -0.25) is 4.99 Å². The molecule has 2 aromatic rings. The van der Waals surface area contributed by atoms with Gasteiger partial charge < -0.3 is 16.2 Å². The van der Waals surface area contributed by atoms with Gasteiger partial charge in [0.1, 0.15) is 0 Å². The molecule has 4 nitrogen and oxygen atoms in total. The van der Waals surface area contributed by atoms with Crippen LogP contribution in [-0.4, -0.2) is 24.2 Å². The van der Waals surface area contributed by atoms with Gasteiger partial charge in [0.25, 0.3) is 0 Å². The van der Waals surface area contributed by atoms with Crippen LogP contribution in [-0.2, 0) is 0 Å². The van der Waals surface area contributed by atoms with Crippen LogP contribution in [0.1, 0.15) is 24.3 Å². The van der Waals surface area contributed by atoms with Crippen molar-refractivity contribution in [3.8, 4) is 0 Å². The van der Waals surface area contributed by atoms with Crippen molar-refractivity contribution in [2.24, 2.45) is 16.1 Å². The van der Waals surface area contributed by atoms with Gasteiger partial charge in [-0.2, -0.15) is 0 Å². The smallest absolute Gasteiger partial charge is 0.193 e. The Bertz CT molecular complexity index is 649. The van der Waals surface area contributed by atoms with Gasteiger partial charge in [0.05, 0.1) is 13.2 Å². The molecule has 0 unspecified atom stereocenters. The number of nitrogens with two attached hydrogens (primary N) is 1. The molecule has 1 saturated carbocycles. The number of benzene rings is 2. The van der Waals surface area contributed by atoms with Crippen LogP contribution in [0.3, 0.4) is 0 Å². The summed E-state index contributed by atoms with van der Waals surface area (Å²) < 4.78 is 0. The number of aliphatic hydroxyl groups is 1. The molecule has 4 heteroatoms. The lowest BCUT2D eigenvalue weighted by Crippen LogP contribution is -2.42. The van der Waals surface area contributed by atoms with Crippen LogP contribution in [0.5, 0.6) is 0 Å². The van der Waals surface area contributed by atoms with Crippen LogP contribution < -0.4 is 11.1 Å². The van der Waals surface area contributed by atoms with Crippen LogP contribution in [0, 0.1) is 5.41 Å². The SMILES string of the molecule is NC(=NCC1(CO)CC(c2ccccc2)C1)Nc1ccccc1. The van der Waals surface area contributed by atoms with Gasteiger partial charge in [0.15, 0.2) is 5.96 Å². The predicted octanol–water partition coefficient (Wildman–Crippen LogP) is 2.97. The molecule has 1 fully saturated rings. The van der Waals surface area contributed by atoms with E-state index >= 15 is 0 Å². The van der Waals surface area contributed by atoms with Crippen molar-refractivity contribution in [2.75, 3.05) is 18.5 Å². The van der Waals surface area contributed by atoms with E-state index in [1.807, 2.05) is 36.4 Å². The van der Waals surface area contributed by atoms with E-state index in [4.69, 9.17) is 5.73 Å². The molecule has 1 aliphatic carbocycles. The number of hydrogen-bond donors (Lipinski definition) is 3. The first-order chi connectivity index (χ1) is 11.2. The van der Waals surface area contributed by atoms with Gasteiger partial charge in [-0.25, -0.2) is 0 Å². The van der Waals surface area contributed by atoms with E-state index < -0.39 is 0 Å². The third-order valence-electron chi connectivity index (χ3n) is 4.60. The van der Waals surface area contributed by atoms with Crippen molar-refractivity contribution in [3.63, 3.8) is 0 Å². The van der Waals surface area contributed by atoms with Crippen molar-refractivity contribution in [1.82, 2.24) is 0 Å². The second-order valence-corrected chi connectivity index (χ2v) is 6.37. The third kappa shape index (κ3) is 3.71. The second-order valence-electron chi connectivity index (χ2n) is 6.37. The van der Waals surface area contributed by atoms with Crippen molar-refractivity contribution >= 4 is 11.6 Å². The van der Waals surface area contributed by atoms with Crippen molar-refractivity contribution < 1.29 is 5.11 Å². The summed E-state index contributed by atoms with van der Waals surface area (Å²) in [7, 11) is 0. The van der Waals surface area contributed by atoms with E-state index in [-0.39, 0.29) is 12.0 Å². The maximum Gasteiger partial charge on any atom is 0.193 e. The molecule has 0 spiro atoms. The van der Waals surface area contributed by atoms with Crippen LogP contribution in [0.25, 0.3) is 0 Å². The summed E-state index contributed by atoms with van der Waals surface area (Å²) in [5.74, 6) is 0.911. The lowest BCUT2D eigenvalue weighted by molar-refractivity contribution is 0.0342. The molecule has 0 heterocycles. The number of nitrogens with one attached hydrogen (secondary N) is 1. The third-order valence-corrected chi connectivity index (χ3v) is 4.60. The van der Waals surface area contributed by atoms with E-state index in [2.05, 4.69) is 34.6 Å². The summed E-state index contributed by atoms with van der Waals surface area (Å²) in [5, 5.41) is 12.8. The quantitative estimate of drug-likeness (QED) is 0.587. The first-order valence-corrected chi connectivity index (χ1v) is 7.99. The lowest BCUT2D eigenvalue weighted by Gasteiger charge is -2.46. The highest BCUT2D eigenvalue weighted by molar-refractivity contribution is 5.92. The Morgan fingerprint density at radius 2 is 1.70 bits per heavy atom. The predicted molar refractivity (Wildman–Crippen MR) is 94.5 cm³/mol. The highest BCUT2D eigenvalue weighted by Gasteiger charge is 2.44. The summed E-state index contributed by atoms with van der Waals surface area (Å²) in [6, 6.07) is 20.2. The first kappa shape index (κ1) is 15.6. The molecule has 3 rings (SSSR count). The van der Waals surface area contributed by atoms with Gasteiger partial charge in [0, 0.05) is 11.1 Å². The van der Waals surface area contributed by atoms with E-state index in [0.717, 1.165) is 18.5 Å². The number of para-hydroxylation sites is 1. The summed E-state index contributed by atoms with van der Waals surface area (Å²) in [6.07, 6.45) is 1.91. The van der Waals surface area contributed by atoms with Crippen molar-refractivity contribution in [1.29, 1.82) is 0 Å². The zero-order chi connectivity index (χ0) is 16.1. The van der Waals surface area contributed by atoms with Crippen molar-refractivity contribution in [3.05, 3.63) is 66.2 Å². The van der Waals surface area contributed by atoms with Crippen LogP contribution in [0.15, 0.2) is 65.7 Å². The largest absolute Gasteiger partial charge is 0.396 e. The molecule has 1 aliphatic rings. The fourth-order valence-corrected chi connectivity index (χ4v) is 3.22. The topological polar surface area (TPSA) is 70.6 Å². The highest BCUT2D eigenvalue weighted by Crippen LogP contribution is 2.50. The number of aliphatic imine (C=N–C) groups is 1. The Hall–Kier alpha value is -2.33. The van der Waals surface area contributed by atoms with Crippen LogP contribution in [0.2, 0.25) is 0 Å². The standard InChI is InChI=1S/C19H23N3O/c20-18(22-17-9-5-2-6-10-17)21-13-19(14-23)11-16(12-19)15-7-3-1-4-8-15/h1-10,16,23H,11-14H2,(H3,20,21,22). The fraction of sp³-hybridized carbons (Fsp3) is 0.316. The number of anilines is 1. The lowest BCUT2D eigenvalue weighted by atomic mass is 9.60. The zero-order valence-electron chi connectivity index (χ0n) is 13.2. The molecule has 2 aromatic carbocycles. The second kappa shape index (κ2) is 6.84. The molecule has 0 aliphatic heterocycles. The number of nitrogens with zero attached hydrogens (tertiary/aromatic N) is 1. The average molecular weight is 309 g/mol. The van der Waals surface area contributed by atoms with E-state index in [1.165, 1.54) is 5.56 Å². The Balaban J connectivity index is 1.57. The normalized spacial score (nSPS) is 24.0. The molecule has 0 bridgehead atoms. The summed E-state index contributed by atoms with van der Waals surface area (Å²) in [5.41, 5.74) is 8.08. The molecule has 120 valence electrons. The van der Waals surface area contributed by atoms with Gasteiger partial charge in [-0.15, -0.1) is 0 Å². The maximum absolute atomic E-state index is 9.77. The minimum absolute atomic E-state index is 0.135. The monoisotopic (exact) mass is 309 g/mol. The van der Waals surface area contributed by atoms with Crippen LogP contribution in [0.4, 0.5) is 5.69 Å². The minimum Gasteiger partial charge on any atom is -0.396 e. The maximum atomic E-state index is 9.77. The van der Waals surface area contributed by atoms with Gasteiger partial charge in [-0.05, 0) is 36.5 Å². The zero-order valence-corrected chi connectivity index (χ0v) is 13.2. The Morgan fingerprint density at radius 1 is 1.09 bits per heavy atom. The Kier molecular flexibility index (Phi) is 4.63. The Labute approximate surface area is 137 Å². The van der Waals surface area contributed by atoms with Gasteiger partial charge in [0.2, 0.25) is 0 Å². The number of hydrogen-bond acceptors (Lipinski definition) is 2. The first-order valence-electron chi connectivity index (χ1n) is 7.99. The van der Waals surface area contributed by atoms with E-state index in [0.29, 0.717) is 18.4 Å². The fourth-order valence-electron chi connectivity index (χ4n) is 3.22. The molecule has 0 amide bonds. The summed E-state index contributed by atoms with van der Waals surface area (Å²) in [4.78, 5) is 4.44. The number of aliphatic hydroxyl groups excluding tert-OH is 1. The Morgan fingerprint density at radius 3 is 2.30 bits per heavy atom. The molecular formula is C19H23N3O. The van der Waals surface area contributed by atoms with Gasteiger partial charge in [-0.1, -0.05) is 48.5 Å². The highest BCUT2D eigenvalue weighted by atomic mass is 16.3. The van der Waals surface area contributed by atoms with E-state index in [1.54, 1.807) is 0 Å². The number of rotatable bonds is 5. The van der Waals surface area contributed by atoms with E-state index in [9.17, 15) is 5.11 Å². The number of guanidine groups is 1. The molecule has 23 heavy (non-hydrogen) atoms. The van der Waals surface area contributed by atoms with Crippen LogP contribution >= 0.6 is 0 Å². The molecule has 4 N–H and O–H groups in total. The summed E-state index contributed by atoms with van der Waals surface area (Å²) in [6.45, 7) is 0.705. The molecule has 0 radical (unpaired) electrons. The van der Waals surface area contributed by atoms with Gasteiger partial charge >= 0.3 is 0 Å². The minimum atomic E-state index is -0.135. The van der Waals surface area contributed by atoms with Crippen molar-refractivity contribution in [2.45, 2.75) is 18.8 Å². The summed E-state index contributed by atoms with van der Waals surface area (Å²) >= 11 is 0. The molecule has 0 saturated heterocycles. The average Bonchev–Trinajstić information content (AvgIpc) is 2.56. The molecule has 0 atom stereocenters.